The summed E-state index contributed by atoms with van der Waals surface area (Å²) in [5.41, 5.74) is 1.55. The van der Waals surface area contributed by atoms with Crippen molar-refractivity contribution >= 4 is 5.97 Å². The predicted molar refractivity (Wildman–Crippen MR) is 61.0 cm³/mol. The lowest BCUT2D eigenvalue weighted by atomic mass is 10.1. The fraction of sp³-hybridized carbons (Fsp3) is 0.0769. The molecule has 1 aromatic heterocycles. The Kier molecular flexibility index (Phi) is 3.14. The number of nitrogens with zero attached hydrogens (tertiary/aromatic N) is 1. The van der Waals surface area contributed by atoms with Gasteiger partial charge in [-0.1, -0.05) is 30.3 Å². The summed E-state index contributed by atoms with van der Waals surface area (Å²) >= 11 is 0. The van der Waals surface area contributed by atoms with Gasteiger partial charge in [0.05, 0.1) is 18.3 Å². The Labute approximate surface area is 97.6 Å². The quantitative estimate of drug-likeness (QED) is 0.883. The molecule has 2 aromatic rings. The minimum atomic E-state index is -1.06. The third kappa shape index (κ3) is 2.66. The van der Waals surface area contributed by atoms with Gasteiger partial charge in [0.25, 0.3) is 0 Å². The highest BCUT2D eigenvalue weighted by atomic mass is 19.1. The van der Waals surface area contributed by atoms with E-state index in [-0.39, 0.29) is 12.0 Å². The van der Waals surface area contributed by atoms with Gasteiger partial charge in [-0.2, -0.15) is 0 Å². The van der Waals surface area contributed by atoms with Crippen molar-refractivity contribution in [1.82, 2.24) is 4.98 Å². The zero-order chi connectivity index (χ0) is 12.3. The summed E-state index contributed by atoms with van der Waals surface area (Å²) in [6.45, 7) is 0. The average Bonchev–Trinajstić information content (AvgIpc) is 2.32. The Morgan fingerprint density at radius 3 is 2.65 bits per heavy atom. The fourth-order valence-electron chi connectivity index (χ4n) is 1.55. The first-order valence-electron chi connectivity index (χ1n) is 5.08. The van der Waals surface area contributed by atoms with Crippen molar-refractivity contribution in [2.75, 3.05) is 0 Å². The van der Waals surface area contributed by atoms with Crippen molar-refractivity contribution in [3.05, 3.63) is 54.0 Å². The number of carboxylic acid groups (broad SMARTS) is 1. The number of pyridine rings is 1. The summed E-state index contributed by atoms with van der Waals surface area (Å²) in [6, 6.07) is 10.7. The second-order valence-electron chi connectivity index (χ2n) is 3.60. The molecule has 0 aliphatic rings. The SMILES string of the molecule is O=C(O)Cc1cc(-c2ccccc2)ncc1F. The van der Waals surface area contributed by atoms with Gasteiger partial charge in [-0.15, -0.1) is 0 Å². The van der Waals surface area contributed by atoms with Gasteiger partial charge in [0, 0.05) is 11.1 Å². The minimum Gasteiger partial charge on any atom is -0.481 e. The van der Waals surface area contributed by atoms with Crippen molar-refractivity contribution in [2.24, 2.45) is 0 Å². The van der Waals surface area contributed by atoms with E-state index in [0.29, 0.717) is 5.69 Å². The molecule has 0 atom stereocenters. The lowest BCUT2D eigenvalue weighted by Gasteiger charge is -2.04. The highest BCUT2D eigenvalue weighted by Crippen LogP contribution is 2.19. The number of aliphatic carboxylic acids is 1. The summed E-state index contributed by atoms with van der Waals surface area (Å²) < 4.78 is 13.3. The number of benzene rings is 1. The molecule has 0 aliphatic carbocycles. The predicted octanol–water partition coefficient (Wildman–Crippen LogP) is 2.51. The molecular formula is C13H10FNO2. The second-order valence-corrected chi connectivity index (χ2v) is 3.60. The van der Waals surface area contributed by atoms with Crippen LogP contribution in [0.25, 0.3) is 11.3 Å². The van der Waals surface area contributed by atoms with Crippen molar-refractivity contribution in [1.29, 1.82) is 0 Å². The fourth-order valence-corrected chi connectivity index (χ4v) is 1.55. The van der Waals surface area contributed by atoms with Crippen LogP contribution in [0.4, 0.5) is 4.39 Å². The molecular weight excluding hydrogens is 221 g/mol. The van der Waals surface area contributed by atoms with Gasteiger partial charge in [-0.25, -0.2) is 4.39 Å². The van der Waals surface area contributed by atoms with Crippen LogP contribution in [0, 0.1) is 5.82 Å². The second kappa shape index (κ2) is 4.74. The standard InChI is InChI=1S/C13H10FNO2/c14-11-8-15-12(6-10(11)7-13(16)17)9-4-2-1-3-5-9/h1-6,8H,7H2,(H,16,17). The molecule has 1 heterocycles. The van der Waals surface area contributed by atoms with Crippen LogP contribution in [0.5, 0.6) is 0 Å². The van der Waals surface area contributed by atoms with E-state index >= 15 is 0 Å². The first-order valence-corrected chi connectivity index (χ1v) is 5.08. The molecule has 86 valence electrons. The third-order valence-corrected chi connectivity index (χ3v) is 2.35. The maximum Gasteiger partial charge on any atom is 0.307 e. The van der Waals surface area contributed by atoms with Gasteiger partial charge in [0.2, 0.25) is 0 Å². The number of halogens is 1. The number of rotatable bonds is 3. The Morgan fingerprint density at radius 2 is 2.00 bits per heavy atom. The van der Waals surface area contributed by atoms with Gasteiger partial charge < -0.3 is 5.11 Å². The van der Waals surface area contributed by atoms with Gasteiger partial charge >= 0.3 is 5.97 Å². The normalized spacial score (nSPS) is 10.2. The van der Waals surface area contributed by atoms with Crippen LogP contribution >= 0.6 is 0 Å². The summed E-state index contributed by atoms with van der Waals surface area (Å²) in [7, 11) is 0. The molecule has 0 spiro atoms. The van der Waals surface area contributed by atoms with Crippen LogP contribution in [0.1, 0.15) is 5.56 Å². The van der Waals surface area contributed by atoms with Gasteiger partial charge in [-0.05, 0) is 6.07 Å². The topological polar surface area (TPSA) is 50.2 Å². The number of hydrogen-bond acceptors (Lipinski definition) is 2. The maximum atomic E-state index is 13.3. The number of carbonyl (C=O) groups is 1. The van der Waals surface area contributed by atoms with E-state index in [1.807, 2.05) is 30.3 Å². The molecule has 0 unspecified atom stereocenters. The van der Waals surface area contributed by atoms with E-state index < -0.39 is 11.8 Å². The zero-order valence-corrected chi connectivity index (χ0v) is 8.93. The largest absolute Gasteiger partial charge is 0.481 e. The monoisotopic (exact) mass is 231 g/mol. The average molecular weight is 231 g/mol. The van der Waals surface area contributed by atoms with E-state index in [0.717, 1.165) is 11.8 Å². The van der Waals surface area contributed by atoms with Crippen LogP contribution in [-0.2, 0) is 11.2 Å². The number of carboxylic acids is 1. The molecule has 0 fully saturated rings. The Bertz CT molecular complexity index is 540. The van der Waals surface area contributed by atoms with Crippen LogP contribution in [0.3, 0.4) is 0 Å². The minimum absolute atomic E-state index is 0.145. The smallest absolute Gasteiger partial charge is 0.307 e. The van der Waals surface area contributed by atoms with Crippen molar-refractivity contribution in [3.63, 3.8) is 0 Å². The molecule has 0 amide bonds. The maximum absolute atomic E-state index is 13.3. The molecule has 0 aliphatic heterocycles. The summed E-state index contributed by atoms with van der Waals surface area (Å²) in [4.78, 5) is 14.5. The van der Waals surface area contributed by atoms with Crippen LogP contribution in [-0.4, -0.2) is 16.1 Å². The summed E-state index contributed by atoms with van der Waals surface area (Å²) in [5, 5.41) is 8.67. The van der Waals surface area contributed by atoms with Crippen LogP contribution in [0.2, 0.25) is 0 Å². The van der Waals surface area contributed by atoms with Crippen LogP contribution in [0.15, 0.2) is 42.6 Å². The molecule has 1 aromatic carbocycles. The lowest BCUT2D eigenvalue weighted by Crippen LogP contribution is -2.03. The molecule has 4 heteroatoms. The summed E-state index contributed by atoms with van der Waals surface area (Å²) in [5.74, 6) is -1.65. The third-order valence-electron chi connectivity index (χ3n) is 2.35. The molecule has 0 saturated carbocycles. The molecule has 3 nitrogen and oxygen atoms in total. The van der Waals surface area contributed by atoms with Crippen molar-refractivity contribution in [3.8, 4) is 11.3 Å². The zero-order valence-electron chi connectivity index (χ0n) is 8.93. The van der Waals surface area contributed by atoms with Crippen molar-refractivity contribution < 1.29 is 14.3 Å². The first-order chi connectivity index (χ1) is 8.16. The molecule has 2 rings (SSSR count). The highest BCUT2D eigenvalue weighted by molar-refractivity contribution is 5.71. The van der Waals surface area contributed by atoms with E-state index in [2.05, 4.69) is 4.98 Å². The van der Waals surface area contributed by atoms with E-state index in [1.165, 1.54) is 6.07 Å². The lowest BCUT2D eigenvalue weighted by molar-refractivity contribution is -0.136. The molecule has 0 saturated heterocycles. The van der Waals surface area contributed by atoms with Gasteiger partial charge in [-0.3, -0.25) is 9.78 Å². The Hall–Kier alpha value is -2.23. The number of hydrogen-bond donors (Lipinski definition) is 1. The molecule has 0 bridgehead atoms. The van der Waals surface area contributed by atoms with E-state index in [9.17, 15) is 9.18 Å². The number of aromatic nitrogens is 1. The van der Waals surface area contributed by atoms with Gasteiger partial charge in [0.1, 0.15) is 5.82 Å². The van der Waals surface area contributed by atoms with Crippen LogP contribution < -0.4 is 0 Å². The van der Waals surface area contributed by atoms with Crippen molar-refractivity contribution in [2.45, 2.75) is 6.42 Å². The first kappa shape index (κ1) is 11.3. The molecule has 1 N–H and O–H groups in total. The Morgan fingerprint density at radius 1 is 1.29 bits per heavy atom. The van der Waals surface area contributed by atoms with E-state index in [4.69, 9.17) is 5.11 Å². The molecule has 17 heavy (non-hydrogen) atoms. The molecule has 0 radical (unpaired) electrons. The van der Waals surface area contributed by atoms with Gasteiger partial charge in [0.15, 0.2) is 0 Å². The van der Waals surface area contributed by atoms with E-state index in [1.54, 1.807) is 0 Å². The summed E-state index contributed by atoms with van der Waals surface area (Å²) in [6.07, 6.45) is 0.717. The highest BCUT2D eigenvalue weighted by Gasteiger charge is 2.09. The Balaban J connectivity index is 2.41.